The van der Waals surface area contributed by atoms with Crippen molar-refractivity contribution in [3.8, 4) is 16.9 Å². The summed E-state index contributed by atoms with van der Waals surface area (Å²) in [5.74, 6) is -4.90. The molecular formula is C29H31Cl2N3O6. The van der Waals surface area contributed by atoms with E-state index in [0.717, 1.165) is 0 Å². The molecule has 212 valence electrons. The van der Waals surface area contributed by atoms with E-state index in [1.807, 2.05) is 0 Å². The standard InChI is InChI=1S/C29H31Cl2N3O6/c1-29(40)21-16(23(34(2)3)27(38)22(29)28(33)39)7-12-6-15-14(11-4-5-17(30)18(31)9-11)8-13(10-32)24(35)20(15)25(36)19(12)26(21)37/h4-5,8-9,12,16,21,23,35-36,38,40H,6-7,10,32H2,1-3H3,(H2,33,39)/t12?,16?,21?,23-,29?/m1/s1. The Balaban J connectivity index is 1.75. The number of benzene rings is 2. The average Bonchev–Trinajstić information content (AvgIpc) is 2.84. The number of carbonyl (C=O) groups excluding carboxylic acids is 2. The van der Waals surface area contributed by atoms with Gasteiger partial charge in [0.2, 0.25) is 0 Å². The number of rotatable bonds is 4. The van der Waals surface area contributed by atoms with Gasteiger partial charge in [-0.2, -0.15) is 0 Å². The normalized spacial score (nSPS) is 27.9. The number of primary amides is 1. The molecule has 0 spiro atoms. The Labute approximate surface area is 241 Å². The number of nitrogens with two attached hydrogens (primary N) is 2. The Morgan fingerprint density at radius 1 is 1.15 bits per heavy atom. The van der Waals surface area contributed by atoms with E-state index in [1.54, 1.807) is 43.3 Å². The number of Topliss-reactive ketones (excluding diaryl/α,β-unsaturated/α-hetero) is 1. The molecule has 0 aromatic heterocycles. The van der Waals surface area contributed by atoms with E-state index < -0.39 is 52.4 Å². The van der Waals surface area contributed by atoms with Gasteiger partial charge in [0.25, 0.3) is 5.91 Å². The fraction of sp³-hybridized carbons (Fsp3) is 0.379. The first-order valence-electron chi connectivity index (χ1n) is 12.8. The van der Waals surface area contributed by atoms with E-state index in [9.17, 15) is 30.0 Å². The SMILES string of the molecule is CN(C)[C@H]1C(O)=C(C(N)=O)C(C)(O)C2C(=O)C3=C(O)c4c(O)c(CN)cc(-c5ccc(Cl)c(Cl)c5)c4CC3CC21. The van der Waals surface area contributed by atoms with Gasteiger partial charge < -0.3 is 31.9 Å². The van der Waals surface area contributed by atoms with E-state index in [1.165, 1.54) is 6.92 Å². The number of ketones is 1. The predicted molar refractivity (Wildman–Crippen MR) is 152 cm³/mol. The van der Waals surface area contributed by atoms with Crippen molar-refractivity contribution in [2.24, 2.45) is 29.2 Å². The fourth-order valence-corrected chi connectivity index (χ4v) is 7.38. The maximum Gasteiger partial charge on any atom is 0.251 e. The summed E-state index contributed by atoms with van der Waals surface area (Å²) in [4.78, 5) is 28.2. The minimum absolute atomic E-state index is 0.0383. The minimum atomic E-state index is -2.09. The second-order valence-corrected chi connectivity index (χ2v) is 12.0. The third-order valence-electron chi connectivity index (χ3n) is 8.68. The molecule has 40 heavy (non-hydrogen) atoms. The van der Waals surface area contributed by atoms with Gasteiger partial charge in [-0.3, -0.25) is 14.5 Å². The number of amides is 1. The summed E-state index contributed by atoms with van der Waals surface area (Å²) in [6.45, 7) is 1.25. The molecule has 8 N–H and O–H groups in total. The van der Waals surface area contributed by atoms with Gasteiger partial charge in [0, 0.05) is 17.7 Å². The van der Waals surface area contributed by atoms with Crippen molar-refractivity contribution < 1.29 is 30.0 Å². The monoisotopic (exact) mass is 587 g/mol. The minimum Gasteiger partial charge on any atom is -0.510 e. The molecule has 0 saturated heterocycles. The quantitative estimate of drug-likeness (QED) is 0.315. The van der Waals surface area contributed by atoms with Crippen LogP contribution in [0.25, 0.3) is 16.9 Å². The molecule has 0 radical (unpaired) electrons. The molecule has 0 bridgehead atoms. The number of nitrogens with zero attached hydrogens (tertiary/aromatic N) is 1. The molecule has 1 fully saturated rings. The summed E-state index contributed by atoms with van der Waals surface area (Å²) in [5, 5.41) is 46.1. The number of aromatic hydroxyl groups is 1. The van der Waals surface area contributed by atoms with Crippen LogP contribution in [0.2, 0.25) is 10.0 Å². The molecule has 0 heterocycles. The molecule has 0 aliphatic heterocycles. The predicted octanol–water partition coefficient (Wildman–Crippen LogP) is 3.46. The Bertz CT molecular complexity index is 1530. The number of hydrogen-bond donors (Lipinski definition) is 6. The van der Waals surface area contributed by atoms with Crippen LogP contribution < -0.4 is 11.5 Å². The summed E-state index contributed by atoms with van der Waals surface area (Å²) < 4.78 is 0. The Morgan fingerprint density at radius 2 is 1.82 bits per heavy atom. The third kappa shape index (κ3) is 4.02. The van der Waals surface area contributed by atoms with Crippen LogP contribution in [0.5, 0.6) is 5.75 Å². The molecule has 9 nitrogen and oxygen atoms in total. The van der Waals surface area contributed by atoms with Crippen molar-refractivity contribution >= 4 is 40.7 Å². The van der Waals surface area contributed by atoms with Gasteiger partial charge in [-0.15, -0.1) is 0 Å². The second-order valence-electron chi connectivity index (χ2n) is 11.2. The van der Waals surface area contributed by atoms with Crippen molar-refractivity contribution in [3.05, 3.63) is 67.9 Å². The lowest BCUT2D eigenvalue weighted by Crippen LogP contribution is -2.61. The zero-order valence-electron chi connectivity index (χ0n) is 22.2. The second kappa shape index (κ2) is 9.78. The lowest BCUT2D eigenvalue weighted by Gasteiger charge is -2.52. The van der Waals surface area contributed by atoms with Crippen LogP contribution in [-0.2, 0) is 22.6 Å². The molecule has 3 aliphatic rings. The highest BCUT2D eigenvalue weighted by Crippen LogP contribution is 2.55. The van der Waals surface area contributed by atoms with Crippen molar-refractivity contribution in [2.75, 3.05) is 14.1 Å². The first-order chi connectivity index (χ1) is 18.7. The highest BCUT2D eigenvalue weighted by molar-refractivity contribution is 6.42. The van der Waals surface area contributed by atoms with Gasteiger partial charge in [-0.05, 0) is 80.6 Å². The number of carbonyl (C=O) groups is 2. The van der Waals surface area contributed by atoms with Gasteiger partial charge in [0.05, 0.1) is 33.1 Å². The van der Waals surface area contributed by atoms with E-state index >= 15 is 0 Å². The topological polar surface area (TPSA) is 170 Å². The first-order valence-corrected chi connectivity index (χ1v) is 13.6. The van der Waals surface area contributed by atoms with Crippen molar-refractivity contribution in [3.63, 3.8) is 0 Å². The molecule has 3 aliphatic carbocycles. The maximum absolute atomic E-state index is 14.2. The van der Waals surface area contributed by atoms with Crippen LogP contribution in [0.3, 0.4) is 0 Å². The van der Waals surface area contributed by atoms with Gasteiger partial charge in [-0.1, -0.05) is 29.3 Å². The van der Waals surface area contributed by atoms with Crippen LogP contribution in [0.15, 0.2) is 41.2 Å². The molecule has 2 aromatic carbocycles. The lowest BCUT2D eigenvalue weighted by molar-refractivity contribution is -0.139. The van der Waals surface area contributed by atoms with Crippen LogP contribution >= 0.6 is 23.2 Å². The molecule has 5 rings (SSSR count). The molecule has 1 saturated carbocycles. The zero-order valence-corrected chi connectivity index (χ0v) is 23.7. The fourth-order valence-electron chi connectivity index (χ4n) is 7.09. The van der Waals surface area contributed by atoms with Crippen LogP contribution in [-0.4, -0.2) is 62.8 Å². The van der Waals surface area contributed by atoms with E-state index in [0.29, 0.717) is 38.7 Å². The van der Waals surface area contributed by atoms with Crippen LogP contribution in [0, 0.1) is 17.8 Å². The molecule has 1 amide bonds. The highest BCUT2D eigenvalue weighted by Gasteiger charge is 2.60. The summed E-state index contributed by atoms with van der Waals surface area (Å²) in [7, 11) is 3.41. The Morgan fingerprint density at radius 3 is 2.40 bits per heavy atom. The third-order valence-corrected chi connectivity index (χ3v) is 9.42. The number of likely N-dealkylation sites (N-methyl/N-ethyl adjacent to an activating group) is 1. The van der Waals surface area contributed by atoms with Gasteiger partial charge in [0.1, 0.15) is 22.9 Å². The number of aliphatic hydroxyl groups excluding tert-OH is 2. The first kappa shape index (κ1) is 28.4. The summed E-state index contributed by atoms with van der Waals surface area (Å²) >= 11 is 12.4. The summed E-state index contributed by atoms with van der Waals surface area (Å²) in [6, 6.07) is 6.07. The van der Waals surface area contributed by atoms with E-state index in [2.05, 4.69) is 0 Å². The molecular weight excluding hydrogens is 557 g/mol. The van der Waals surface area contributed by atoms with Gasteiger partial charge in [0.15, 0.2) is 5.78 Å². The zero-order chi connectivity index (χ0) is 29.4. The van der Waals surface area contributed by atoms with Crippen LogP contribution in [0.4, 0.5) is 0 Å². The number of aliphatic hydroxyl groups is 3. The number of phenols is 1. The summed E-state index contributed by atoms with van der Waals surface area (Å²) in [6.07, 6.45) is 0.567. The van der Waals surface area contributed by atoms with Crippen molar-refractivity contribution in [1.29, 1.82) is 0 Å². The van der Waals surface area contributed by atoms with Crippen LogP contribution in [0.1, 0.15) is 30.0 Å². The van der Waals surface area contributed by atoms with Gasteiger partial charge >= 0.3 is 0 Å². The average molecular weight is 588 g/mol. The Kier molecular flexibility index (Phi) is 6.96. The van der Waals surface area contributed by atoms with Gasteiger partial charge in [-0.25, -0.2) is 0 Å². The largest absolute Gasteiger partial charge is 0.510 e. The van der Waals surface area contributed by atoms with Crippen molar-refractivity contribution in [2.45, 2.75) is 38.0 Å². The Hall–Kier alpha value is -3.08. The lowest BCUT2D eigenvalue weighted by atomic mass is 9.55. The summed E-state index contributed by atoms with van der Waals surface area (Å²) in [5.41, 5.74) is 11.4. The smallest absolute Gasteiger partial charge is 0.251 e. The number of halogens is 2. The maximum atomic E-state index is 14.2. The highest BCUT2D eigenvalue weighted by atomic mass is 35.5. The van der Waals surface area contributed by atoms with Crippen molar-refractivity contribution in [1.82, 2.24) is 4.90 Å². The number of allylic oxidation sites excluding steroid dienone is 1. The number of fused-ring (bicyclic) bond motifs is 3. The van der Waals surface area contributed by atoms with E-state index in [-0.39, 0.29) is 35.6 Å². The molecule has 2 aromatic rings. The molecule has 5 atom stereocenters. The number of hydrogen-bond acceptors (Lipinski definition) is 8. The molecule has 11 heteroatoms. The number of phenolic OH excluding ortho intramolecular Hbond substituents is 1. The molecule has 4 unspecified atom stereocenters. The van der Waals surface area contributed by atoms with E-state index in [4.69, 9.17) is 34.7 Å².